The van der Waals surface area contributed by atoms with Crippen molar-refractivity contribution in [3.63, 3.8) is 0 Å². The summed E-state index contributed by atoms with van der Waals surface area (Å²) in [7, 11) is 0. The molecule has 2 aromatic rings. The minimum Gasteiger partial charge on any atom is -0.467 e. The molecule has 0 aliphatic carbocycles. The molecule has 1 heterocycles. The number of carbonyl (C=O) groups excluding carboxylic acids is 1. The Labute approximate surface area is 116 Å². The lowest BCUT2D eigenvalue weighted by Crippen LogP contribution is -2.27. The Morgan fingerprint density at radius 1 is 1.30 bits per heavy atom. The molecule has 2 N–H and O–H groups in total. The van der Waals surface area contributed by atoms with Crippen LogP contribution in [0.3, 0.4) is 0 Å². The second-order valence-corrected chi connectivity index (χ2v) is 4.47. The maximum atomic E-state index is 12.7. The number of hydrogen-bond acceptors (Lipinski definition) is 3. The van der Waals surface area contributed by atoms with E-state index in [4.69, 9.17) is 4.42 Å². The predicted molar refractivity (Wildman–Crippen MR) is 71.4 cm³/mol. The normalized spacial score (nSPS) is 12.1. The Hall–Kier alpha value is -2.14. The van der Waals surface area contributed by atoms with E-state index >= 15 is 0 Å². The Bertz CT molecular complexity index is 537. The monoisotopic (exact) mass is 277 g/mol. The fourth-order valence-corrected chi connectivity index (χ4v) is 1.82. The maximum Gasteiger partial charge on any atom is 0.224 e. The van der Waals surface area contributed by atoms with Gasteiger partial charge in [-0.2, -0.15) is 0 Å². The average molecular weight is 277 g/mol. The molecule has 106 valence electrons. The zero-order chi connectivity index (χ0) is 14.4. The van der Waals surface area contributed by atoms with Crippen molar-refractivity contribution in [1.82, 2.24) is 5.32 Å². The van der Waals surface area contributed by atoms with Crippen molar-refractivity contribution in [3.8, 4) is 0 Å². The molecule has 4 nitrogen and oxygen atoms in total. The smallest absolute Gasteiger partial charge is 0.224 e. The van der Waals surface area contributed by atoms with E-state index in [0.717, 1.165) is 5.56 Å². The average Bonchev–Trinajstić information content (AvgIpc) is 2.95. The van der Waals surface area contributed by atoms with Crippen LogP contribution < -0.4 is 5.32 Å². The molecule has 1 atom stereocenters. The van der Waals surface area contributed by atoms with E-state index in [0.29, 0.717) is 18.7 Å². The molecule has 1 aromatic carbocycles. The number of carbonyl (C=O) groups is 1. The van der Waals surface area contributed by atoms with Gasteiger partial charge < -0.3 is 14.8 Å². The first kappa shape index (κ1) is 14.3. The van der Waals surface area contributed by atoms with Gasteiger partial charge in [0.15, 0.2) is 0 Å². The van der Waals surface area contributed by atoms with Crippen LogP contribution in [0.25, 0.3) is 0 Å². The molecule has 20 heavy (non-hydrogen) atoms. The van der Waals surface area contributed by atoms with Gasteiger partial charge in [0.25, 0.3) is 0 Å². The maximum absolute atomic E-state index is 12.7. The number of aliphatic hydroxyl groups excluding tert-OH is 1. The molecule has 0 saturated heterocycles. The fourth-order valence-electron chi connectivity index (χ4n) is 1.82. The van der Waals surface area contributed by atoms with Crippen LogP contribution in [0, 0.1) is 5.82 Å². The first-order valence-electron chi connectivity index (χ1n) is 6.38. The fraction of sp³-hybridized carbons (Fsp3) is 0.267. The summed E-state index contributed by atoms with van der Waals surface area (Å²) in [4.78, 5) is 11.7. The molecule has 1 amide bonds. The Kier molecular flexibility index (Phi) is 4.90. The van der Waals surface area contributed by atoms with Gasteiger partial charge in [-0.1, -0.05) is 12.1 Å². The minimum atomic E-state index is -0.726. The topological polar surface area (TPSA) is 62.5 Å². The van der Waals surface area contributed by atoms with Crippen LogP contribution in [0.5, 0.6) is 0 Å². The first-order valence-corrected chi connectivity index (χ1v) is 6.38. The largest absolute Gasteiger partial charge is 0.467 e. The van der Waals surface area contributed by atoms with Gasteiger partial charge in [0.2, 0.25) is 5.91 Å². The third-order valence-corrected chi connectivity index (χ3v) is 2.89. The van der Waals surface area contributed by atoms with Crippen molar-refractivity contribution in [1.29, 1.82) is 0 Å². The standard InChI is InChI=1S/C15H16FNO3/c16-12-5-3-11(4-6-12)10-15(19)17-8-7-13(18)14-2-1-9-20-14/h1-6,9,13,18H,7-8,10H2,(H,17,19). The lowest BCUT2D eigenvalue weighted by Gasteiger charge is -2.09. The zero-order valence-electron chi connectivity index (χ0n) is 10.9. The van der Waals surface area contributed by atoms with E-state index < -0.39 is 6.10 Å². The van der Waals surface area contributed by atoms with Crippen LogP contribution in [0.4, 0.5) is 4.39 Å². The van der Waals surface area contributed by atoms with Crippen molar-refractivity contribution in [2.75, 3.05) is 6.54 Å². The van der Waals surface area contributed by atoms with Gasteiger partial charge in [0.05, 0.1) is 12.7 Å². The molecule has 1 unspecified atom stereocenters. The molecule has 0 saturated carbocycles. The van der Waals surface area contributed by atoms with Gasteiger partial charge in [-0.25, -0.2) is 4.39 Å². The van der Waals surface area contributed by atoms with Crippen molar-refractivity contribution in [2.24, 2.45) is 0 Å². The van der Waals surface area contributed by atoms with E-state index in [-0.39, 0.29) is 18.1 Å². The number of halogens is 1. The molecule has 0 aliphatic rings. The Balaban J connectivity index is 1.71. The summed E-state index contributed by atoms with van der Waals surface area (Å²) in [5, 5.41) is 12.5. The molecule has 0 radical (unpaired) electrons. The van der Waals surface area contributed by atoms with Crippen molar-refractivity contribution in [2.45, 2.75) is 18.9 Å². The van der Waals surface area contributed by atoms with Crippen LogP contribution >= 0.6 is 0 Å². The van der Waals surface area contributed by atoms with Crippen LogP contribution in [-0.4, -0.2) is 17.6 Å². The lowest BCUT2D eigenvalue weighted by molar-refractivity contribution is -0.120. The van der Waals surface area contributed by atoms with Gasteiger partial charge in [-0.05, 0) is 36.2 Å². The number of aliphatic hydroxyl groups is 1. The summed E-state index contributed by atoms with van der Waals surface area (Å²) < 4.78 is 17.8. The molecule has 0 fully saturated rings. The van der Waals surface area contributed by atoms with Crippen LogP contribution in [0.2, 0.25) is 0 Å². The summed E-state index contributed by atoms with van der Waals surface area (Å²) in [6.45, 7) is 0.349. The summed E-state index contributed by atoms with van der Waals surface area (Å²) in [5.74, 6) is -0.00300. The highest BCUT2D eigenvalue weighted by Crippen LogP contribution is 2.15. The lowest BCUT2D eigenvalue weighted by atomic mass is 10.1. The second-order valence-electron chi connectivity index (χ2n) is 4.47. The summed E-state index contributed by atoms with van der Waals surface area (Å²) in [6, 6.07) is 9.18. The predicted octanol–water partition coefficient (Wildman–Crippen LogP) is 2.20. The van der Waals surface area contributed by atoms with E-state index in [2.05, 4.69) is 5.32 Å². The van der Waals surface area contributed by atoms with Crippen LogP contribution in [-0.2, 0) is 11.2 Å². The number of hydrogen-bond donors (Lipinski definition) is 2. The van der Waals surface area contributed by atoms with Crippen molar-refractivity contribution >= 4 is 5.91 Å². The van der Waals surface area contributed by atoms with E-state index in [9.17, 15) is 14.3 Å². The molecule has 5 heteroatoms. The molecule has 0 aliphatic heterocycles. The summed E-state index contributed by atoms with van der Waals surface area (Å²) >= 11 is 0. The molecule has 2 rings (SSSR count). The molecule has 1 aromatic heterocycles. The third kappa shape index (κ3) is 4.20. The van der Waals surface area contributed by atoms with Gasteiger partial charge >= 0.3 is 0 Å². The van der Waals surface area contributed by atoms with Gasteiger partial charge in [0.1, 0.15) is 17.7 Å². The Morgan fingerprint density at radius 2 is 2.05 bits per heavy atom. The van der Waals surface area contributed by atoms with Crippen molar-refractivity contribution in [3.05, 3.63) is 59.8 Å². The van der Waals surface area contributed by atoms with E-state index in [1.807, 2.05) is 0 Å². The number of amides is 1. The summed E-state index contributed by atoms with van der Waals surface area (Å²) in [6.07, 6.45) is 1.34. The highest BCUT2D eigenvalue weighted by Gasteiger charge is 2.10. The number of benzene rings is 1. The van der Waals surface area contributed by atoms with Gasteiger partial charge in [0, 0.05) is 6.54 Å². The summed E-state index contributed by atoms with van der Waals surface area (Å²) in [5.41, 5.74) is 0.746. The van der Waals surface area contributed by atoms with Crippen molar-refractivity contribution < 1.29 is 18.7 Å². The van der Waals surface area contributed by atoms with Crippen LogP contribution in [0.1, 0.15) is 23.8 Å². The SMILES string of the molecule is O=C(Cc1ccc(F)cc1)NCCC(O)c1ccco1. The first-order chi connectivity index (χ1) is 9.65. The number of nitrogens with one attached hydrogen (secondary N) is 1. The van der Waals surface area contributed by atoms with Gasteiger partial charge in [-0.3, -0.25) is 4.79 Å². The quantitative estimate of drug-likeness (QED) is 0.851. The highest BCUT2D eigenvalue weighted by molar-refractivity contribution is 5.78. The minimum absolute atomic E-state index is 0.164. The molecule has 0 bridgehead atoms. The number of furan rings is 1. The molecular formula is C15H16FNO3. The number of rotatable bonds is 6. The van der Waals surface area contributed by atoms with Gasteiger partial charge in [-0.15, -0.1) is 0 Å². The Morgan fingerprint density at radius 3 is 2.70 bits per heavy atom. The van der Waals surface area contributed by atoms with Crippen LogP contribution in [0.15, 0.2) is 47.1 Å². The highest BCUT2D eigenvalue weighted by atomic mass is 19.1. The molecular weight excluding hydrogens is 261 g/mol. The third-order valence-electron chi connectivity index (χ3n) is 2.89. The van der Waals surface area contributed by atoms with E-state index in [1.165, 1.54) is 18.4 Å². The molecule has 0 spiro atoms. The zero-order valence-corrected chi connectivity index (χ0v) is 10.9. The van der Waals surface area contributed by atoms with E-state index in [1.54, 1.807) is 24.3 Å². The second kappa shape index (κ2) is 6.86.